The van der Waals surface area contributed by atoms with Crippen molar-refractivity contribution in [1.29, 1.82) is 0 Å². The zero-order valence-electron chi connectivity index (χ0n) is 13.6. The van der Waals surface area contributed by atoms with Gasteiger partial charge in [-0.15, -0.1) is 12.4 Å². The van der Waals surface area contributed by atoms with Crippen molar-refractivity contribution < 1.29 is 9.66 Å². The molecule has 1 fully saturated rings. The van der Waals surface area contributed by atoms with E-state index >= 15 is 0 Å². The average Bonchev–Trinajstić information content (AvgIpc) is 2.54. The van der Waals surface area contributed by atoms with Crippen molar-refractivity contribution in [2.24, 2.45) is 5.92 Å². The number of nitrogens with one attached hydrogen (secondary N) is 1. The average molecular weight is 344 g/mol. The maximum atomic E-state index is 10.9. The quantitative estimate of drug-likeness (QED) is 0.580. The molecule has 0 spiro atoms. The summed E-state index contributed by atoms with van der Waals surface area (Å²) in [5.41, 5.74) is 0.0354. The standard InChI is InChI=1S/C16H25N3O3.ClH/c1-17-9-6-14-7-10-18(11-8-14)12-13-22-16-5-3-2-4-15(16)19(20)21;/h2-5,14,17H,6-13H2,1H3;1H. The molecule has 0 saturated carbocycles. The molecule has 1 N–H and O–H groups in total. The smallest absolute Gasteiger partial charge is 0.310 e. The Balaban J connectivity index is 0.00000264. The first-order chi connectivity index (χ1) is 10.7. The van der Waals surface area contributed by atoms with Crippen LogP contribution in [-0.4, -0.2) is 49.7 Å². The Labute approximate surface area is 143 Å². The van der Waals surface area contributed by atoms with Crippen LogP contribution in [0.5, 0.6) is 5.75 Å². The summed E-state index contributed by atoms with van der Waals surface area (Å²) in [6.45, 7) is 4.59. The summed E-state index contributed by atoms with van der Waals surface area (Å²) in [5.74, 6) is 1.18. The van der Waals surface area contributed by atoms with E-state index in [1.54, 1.807) is 18.2 Å². The molecular formula is C16H26ClN3O3. The fourth-order valence-electron chi connectivity index (χ4n) is 2.86. The van der Waals surface area contributed by atoms with Crippen molar-refractivity contribution in [3.05, 3.63) is 34.4 Å². The van der Waals surface area contributed by atoms with E-state index in [-0.39, 0.29) is 18.1 Å². The topological polar surface area (TPSA) is 67.6 Å². The van der Waals surface area contributed by atoms with Crippen LogP contribution in [0, 0.1) is 16.0 Å². The number of ether oxygens (including phenoxy) is 1. The van der Waals surface area contributed by atoms with Gasteiger partial charge in [0.25, 0.3) is 0 Å². The molecule has 0 atom stereocenters. The van der Waals surface area contributed by atoms with Gasteiger partial charge in [0.15, 0.2) is 5.75 Å². The number of hydrogen-bond acceptors (Lipinski definition) is 5. The van der Waals surface area contributed by atoms with Gasteiger partial charge in [-0.25, -0.2) is 0 Å². The molecule has 1 aromatic carbocycles. The molecule has 7 heteroatoms. The van der Waals surface area contributed by atoms with Gasteiger partial charge in [-0.1, -0.05) is 12.1 Å². The first kappa shape index (κ1) is 19.7. The van der Waals surface area contributed by atoms with Crippen LogP contribution in [0.25, 0.3) is 0 Å². The molecule has 0 bridgehead atoms. The normalized spacial score (nSPS) is 15.9. The molecule has 0 unspecified atom stereocenters. The predicted octanol–water partition coefficient (Wildman–Crippen LogP) is 2.72. The van der Waals surface area contributed by atoms with E-state index in [1.807, 2.05) is 7.05 Å². The highest BCUT2D eigenvalue weighted by atomic mass is 35.5. The summed E-state index contributed by atoms with van der Waals surface area (Å²) >= 11 is 0. The molecule has 1 aliphatic rings. The van der Waals surface area contributed by atoms with Crippen molar-refractivity contribution in [1.82, 2.24) is 10.2 Å². The highest BCUT2D eigenvalue weighted by molar-refractivity contribution is 5.85. The fourth-order valence-corrected chi connectivity index (χ4v) is 2.86. The third kappa shape index (κ3) is 6.33. The second-order valence-electron chi connectivity index (χ2n) is 5.75. The first-order valence-electron chi connectivity index (χ1n) is 7.94. The van der Waals surface area contributed by atoms with Crippen LogP contribution in [0.15, 0.2) is 24.3 Å². The Kier molecular flexibility index (Phi) is 8.91. The summed E-state index contributed by atoms with van der Waals surface area (Å²) in [7, 11) is 2.00. The lowest BCUT2D eigenvalue weighted by Crippen LogP contribution is -2.37. The van der Waals surface area contributed by atoms with Crippen molar-refractivity contribution in [2.75, 3.05) is 39.8 Å². The van der Waals surface area contributed by atoms with Crippen LogP contribution in [-0.2, 0) is 0 Å². The largest absolute Gasteiger partial charge is 0.485 e. The zero-order chi connectivity index (χ0) is 15.8. The molecule has 0 radical (unpaired) electrons. The van der Waals surface area contributed by atoms with Gasteiger partial charge in [0, 0.05) is 12.6 Å². The molecule has 0 aliphatic carbocycles. The molecule has 1 heterocycles. The fraction of sp³-hybridized carbons (Fsp3) is 0.625. The lowest BCUT2D eigenvalue weighted by molar-refractivity contribution is -0.385. The van der Waals surface area contributed by atoms with Crippen LogP contribution >= 0.6 is 12.4 Å². The number of benzene rings is 1. The summed E-state index contributed by atoms with van der Waals surface area (Å²) in [6, 6.07) is 6.54. The van der Waals surface area contributed by atoms with E-state index < -0.39 is 4.92 Å². The van der Waals surface area contributed by atoms with Crippen LogP contribution in [0.4, 0.5) is 5.69 Å². The van der Waals surface area contributed by atoms with E-state index in [1.165, 1.54) is 25.3 Å². The number of rotatable bonds is 8. The molecule has 1 aromatic rings. The van der Waals surface area contributed by atoms with Crippen LogP contribution in [0.2, 0.25) is 0 Å². The van der Waals surface area contributed by atoms with Gasteiger partial charge in [-0.2, -0.15) is 0 Å². The summed E-state index contributed by atoms with van der Waals surface area (Å²) in [4.78, 5) is 12.9. The molecule has 0 amide bonds. The van der Waals surface area contributed by atoms with E-state index in [4.69, 9.17) is 4.74 Å². The van der Waals surface area contributed by atoms with E-state index in [2.05, 4.69) is 10.2 Å². The van der Waals surface area contributed by atoms with Crippen molar-refractivity contribution in [2.45, 2.75) is 19.3 Å². The Morgan fingerprint density at radius 2 is 2.04 bits per heavy atom. The molecular weight excluding hydrogens is 318 g/mol. The maximum absolute atomic E-state index is 10.9. The van der Waals surface area contributed by atoms with Crippen molar-refractivity contribution in [3.8, 4) is 5.75 Å². The monoisotopic (exact) mass is 343 g/mol. The van der Waals surface area contributed by atoms with Gasteiger partial charge in [0.1, 0.15) is 6.61 Å². The minimum Gasteiger partial charge on any atom is -0.485 e. The third-order valence-corrected chi connectivity index (χ3v) is 4.24. The van der Waals surface area contributed by atoms with Crippen molar-refractivity contribution >= 4 is 18.1 Å². The lowest BCUT2D eigenvalue weighted by atomic mass is 9.93. The molecule has 1 saturated heterocycles. The Morgan fingerprint density at radius 3 is 2.70 bits per heavy atom. The SMILES string of the molecule is CNCCC1CCN(CCOc2ccccc2[N+](=O)[O-])CC1.Cl. The van der Waals surface area contributed by atoms with Gasteiger partial charge >= 0.3 is 5.69 Å². The molecule has 1 aliphatic heterocycles. The van der Waals surface area contributed by atoms with Gasteiger partial charge < -0.3 is 10.1 Å². The van der Waals surface area contributed by atoms with Gasteiger partial charge in [0.2, 0.25) is 0 Å². The maximum Gasteiger partial charge on any atom is 0.310 e. The Hall–Kier alpha value is -1.37. The van der Waals surface area contributed by atoms with Crippen LogP contribution in [0.3, 0.4) is 0 Å². The molecule has 23 heavy (non-hydrogen) atoms. The summed E-state index contributed by atoms with van der Waals surface area (Å²) in [6.07, 6.45) is 3.71. The number of nitro benzene ring substituents is 1. The Bertz CT molecular complexity index is 479. The van der Waals surface area contributed by atoms with Gasteiger partial charge in [-0.3, -0.25) is 15.0 Å². The third-order valence-electron chi connectivity index (χ3n) is 4.24. The number of hydrogen-bond donors (Lipinski definition) is 1. The second-order valence-corrected chi connectivity index (χ2v) is 5.75. The number of halogens is 1. The van der Waals surface area contributed by atoms with Gasteiger partial charge in [0.05, 0.1) is 4.92 Å². The minimum atomic E-state index is -0.400. The minimum absolute atomic E-state index is 0. The van der Waals surface area contributed by atoms with E-state index in [0.29, 0.717) is 12.4 Å². The summed E-state index contributed by atoms with van der Waals surface area (Å²) in [5, 5.41) is 14.1. The van der Waals surface area contributed by atoms with E-state index in [0.717, 1.165) is 32.1 Å². The highest BCUT2D eigenvalue weighted by Gasteiger charge is 2.19. The summed E-state index contributed by atoms with van der Waals surface area (Å²) < 4.78 is 5.60. The molecule has 130 valence electrons. The van der Waals surface area contributed by atoms with E-state index in [9.17, 15) is 10.1 Å². The number of likely N-dealkylation sites (tertiary alicyclic amines) is 1. The van der Waals surface area contributed by atoms with Crippen LogP contribution < -0.4 is 10.1 Å². The van der Waals surface area contributed by atoms with Crippen LogP contribution in [0.1, 0.15) is 19.3 Å². The molecule has 2 rings (SSSR count). The predicted molar refractivity (Wildman–Crippen MR) is 93.5 cm³/mol. The highest BCUT2D eigenvalue weighted by Crippen LogP contribution is 2.26. The number of piperidine rings is 1. The lowest BCUT2D eigenvalue weighted by Gasteiger charge is -2.31. The van der Waals surface area contributed by atoms with Crippen molar-refractivity contribution in [3.63, 3.8) is 0 Å². The number of nitro groups is 1. The number of para-hydroxylation sites is 2. The van der Waals surface area contributed by atoms with Gasteiger partial charge in [-0.05, 0) is 57.9 Å². The Morgan fingerprint density at radius 1 is 1.35 bits per heavy atom. The molecule has 6 nitrogen and oxygen atoms in total. The second kappa shape index (κ2) is 10.4. The zero-order valence-corrected chi connectivity index (χ0v) is 14.4. The molecule has 0 aromatic heterocycles. The first-order valence-corrected chi connectivity index (χ1v) is 7.94. The number of nitrogens with zero attached hydrogens (tertiary/aromatic N) is 2.